The Morgan fingerprint density at radius 1 is 1.27 bits per heavy atom. The summed E-state index contributed by atoms with van der Waals surface area (Å²) in [7, 11) is 1.46. The molecule has 0 fully saturated rings. The lowest BCUT2D eigenvalue weighted by atomic mass is 10.1. The van der Waals surface area contributed by atoms with Gasteiger partial charge >= 0.3 is 12.2 Å². The number of nitrogens with one attached hydrogen (secondary N) is 1. The summed E-state index contributed by atoms with van der Waals surface area (Å²) in [6, 6.07) is 8.79. The molecule has 138 valence electrons. The maximum absolute atomic E-state index is 12.7. The van der Waals surface area contributed by atoms with Crippen molar-refractivity contribution in [1.29, 1.82) is 0 Å². The monoisotopic (exact) mass is 367 g/mol. The second-order valence-electron chi connectivity index (χ2n) is 5.12. The average Bonchev–Trinajstić information content (AvgIpc) is 2.59. The molecule has 0 saturated carbocycles. The predicted octanol–water partition coefficient (Wildman–Crippen LogP) is 3.30. The zero-order chi connectivity index (χ0) is 19.2. The topological polar surface area (TPSA) is 85.9 Å². The predicted molar refractivity (Wildman–Crippen MR) is 89.1 cm³/mol. The number of alkyl halides is 3. The molecule has 0 aliphatic heterocycles. The van der Waals surface area contributed by atoms with Crippen molar-refractivity contribution in [2.75, 3.05) is 7.11 Å². The highest BCUT2D eigenvalue weighted by molar-refractivity contribution is 5.82. The number of halogens is 3. The molecule has 0 aromatic heterocycles. The van der Waals surface area contributed by atoms with Crippen LogP contribution in [0.4, 0.5) is 18.0 Å². The van der Waals surface area contributed by atoms with Gasteiger partial charge in [-0.05, 0) is 42.0 Å². The first-order valence-electron chi connectivity index (χ1n) is 7.35. The number of benzene rings is 2. The number of rotatable bonds is 6. The van der Waals surface area contributed by atoms with Crippen LogP contribution in [0.3, 0.4) is 0 Å². The molecule has 0 unspecified atom stereocenters. The number of hydrazone groups is 1. The van der Waals surface area contributed by atoms with Gasteiger partial charge in [0.1, 0.15) is 18.1 Å². The van der Waals surface area contributed by atoms with E-state index in [1.807, 2.05) is 0 Å². The number of hydrogen-bond donors (Lipinski definition) is 2. The normalized spacial score (nSPS) is 11.4. The van der Waals surface area contributed by atoms with E-state index in [1.165, 1.54) is 25.5 Å². The van der Waals surface area contributed by atoms with Crippen molar-refractivity contribution in [3.63, 3.8) is 0 Å². The summed E-state index contributed by atoms with van der Waals surface area (Å²) >= 11 is 0. The molecule has 0 aliphatic rings. The molecule has 0 spiro atoms. The Balaban J connectivity index is 2.15. The van der Waals surface area contributed by atoms with Gasteiger partial charge in [0, 0.05) is 5.56 Å². The van der Waals surface area contributed by atoms with Gasteiger partial charge in [-0.3, -0.25) is 0 Å². The molecule has 26 heavy (non-hydrogen) atoms. The van der Waals surface area contributed by atoms with E-state index in [9.17, 15) is 18.0 Å². The molecule has 0 radical (unpaired) electrons. The number of carbonyl (C=O) groups is 1. The van der Waals surface area contributed by atoms with Crippen molar-refractivity contribution in [3.05, 3.63) is 59.2 Å². The van der Waals surface area contributed by atoms with Gasteiger partial charge in [0.15, 0.2) is 0 Å². The van der Waals surface area contributed by atoms with E-state index in [2.05, 4.69) is 10.5 Å². The summed E-state index contributed by atoms with van der Waals surface area (Å²) in [5.41, 5.74) is 7.38. The van der Waals surface area contributed by atoms with Crippen LogP contribution in [-0.2, 0) is 12.8 Å². The first kappa shape index (κ1) is 19.1. The number of carbonyl (C=O) groups excluding carboxylic acids is 1. The van der Waals surface area contributed by atoms with Gasteiger partial charge in [0.25, 0.3) is 0 Å². The van der Waals surface area contributed by atoms with Crippen LogP contribution in [0.25, 0.3) is 0 Å². The highest BCUT2D eigenvalue weighted by atomic mass is 19.4. The maximum atomic E-state index is 12.7. The molecule has 2 rings (SSSR count). The number of nitrogens with two attached hydrogens (primary N) is 1. The summed E-state index contributed by atoms with van der Waals surface area (Å²) in [6.07, 6.45) is -3.08. The lowest BCUT2D eigenvalue weighted by molar-refractivity contribution is -0.137. The molecule has 0 aliphatic carbocycles. The van der Waals surface area contributed by atoms with E-state index in [-0.39, 0.29) is 12.4 Å². The zero-order valence-electron chi connectivity index (χ0n) is 13.7. The van der Waals surface area contributed by atoms with Crippen molar-refractivity contribution in [3.8, 4) is 11.5 Å². The van der Waals surface area contributed by atoms with Gasteiger partial charge in [-0.15, -0.1) is 0 Å². The van der Waals surface area contributed by atoms with Crippen molar-refractivity contribution in [1.82, 2.24) is 5.43 Å². The number of primary amides is 1. The van der Waals surface area contributed by atoms with E-state index in [0.717, 1.165) is 12.1 Å². The summed E-state index contributed by atoms with van der Waals surface area (Å²) in [6.45, 7) is -0.0184. The minimum absolute atomic E-state index is 0.0184. The van der Waals surface area contributed by atoms with Crippen LogP contribution in [-0.4, -0.2) is 19.4 Å². The van der Waals surface area contributed by atoms with Gasteiger partial charge in [-0.25, -0.2) is 10.2 Å². The molecule has 9 heteroatoms. The number of methoxy groups -OCH3 is 1. The zero-order valence-corrected chi connectivity index (χ0v) is 13.7. The fraction of sp³-hybridized carbons (Fsp3) is 0.176. The molecule has 3 N–H and O–H groups in total. The highest BCUT2D eigenvalue weighted by Gasteiger charge is 2.30. The number of nitrogens with zero attached hydrogens (tertiary/aromatic N) is 1. The number of hydrogen-bond acceptors (Lipinski definition) is 4. The number of amides is 2. The molecule has 6 nitrogen and oxygen atoms in total. The van der Waals surface area contributed by atoms with Crippen LogP contribution < -0.4 is 20.6 Å². The second kappa shape index (κ2) is 8.24. The van der Waals surface area contributed by atoms with Gasteiger partial charge in [0.05, 0.1) is 18.9 Å². The van der Waals surface area contributed by atoms with E-state index < -0.39 is 17.8 Å². The first-order valence-corrected chi connectivity index (χ1v) is 7.35. The van der Waals surface area contributed by atoms with E-state index in [0.29, 0.717) is 16.9 Å². The van der Waals surface area contributed by atoms with Gasteiger partial charge in [0.2, 0.25) is 0 Å². The largest absolute Gasteiger partial charge is 0.496 e. The molecule has 2 aromatic rings. The summed E-state index contributed by atoms with van der Waals surface area (Å²) in [5.74, 6) is 0.577. The van der Waals surface area contributed by atoms with Crippen molar-refractivity contribution < 1.29 is 27.4 Å². The fourth-order valence-corrected chi connectivity index (χ4v) is 2.09. The third-order valence-corrected chi connectivity index (χ3v) is 3.25. The van der Waals surface area contributed by atoms with Gasteiger partial charge < -0.3 is 15.2 Å². The van der Waals surface area contributed by atoms with Crippen molar-refractivity contribution in [2.24, 2.45) is 10.8 Å². The Kier molecular flexibility index (Phi) is 6.05. The van der Waals surface area contributed by atoms with Crippen LogP contribution in [0.2, 0.25) is 0 Å². The lowest BCUT2D eigenvalue weighted by Gasteiger charge is -2.13. The first-order chi connectivity index (χ1) is 12.3. The molecule has 0 saturated heterocycles. The molecule has 0 bridgehead atoms. The summed E-state index contributed by atoms with van der Waals surface area (Å²) in [4.78, 5) is 10.6. The maximum Gasteiger partial charge on any atom is 0.416 e. The second-order valence-corrected chi connectivity index (χ2v) is 5.12. The van der Waals surface area contributed by atoms with E-state index in [4.69, 9.17) is 15.2 Å². The molecule has 2 amide bonds. The van der Waals surface area contributed by atoms with Gasteiger partial charge in [-0.1, -0.05) is 6.07 Å². The lowest BCUT2D eigenvalue weighted by Crippen LogP contribution is -2.24. The van der Waals surface area contributed by atoms with E-state index in [1.54, 1.807) is 18.2 Å². The molecular formula is C17H16F3N3O3. The average molecular weight is 367 g/mol. The van der Waals surface area contributed by atoms with Crippen LogP contribution in [0.5, 0.6) is 11.5 Å². The number of urea groups is 1. The minimum Gasteiger partial charge on any atom is -0.496 e. The smallest absolute Gasteiger partial charge is 0.416 e. The van der Waals surface area contributed by atoms with Crippen LogP contribution in [0, 0.1) is 0 Å². The molecule has 0 atom stereocenters. The molecular weight excluding hydrogens is 351 g/mol. The Bertz CT molecular complexity index is 807. The molecule has 2 aromatic carbocycles. The van der Waals surface area contributed by atoms with Crippen LogP contribution in [0.15, 0.2) is 47.6 Å². The minimum atomic E-state index is -4.44. The Morgan fingerprint density at radius 2 is 2.04 bits per heavy atom. The Labute approximate surface area is 147 Å². The van der Waals surface area contributed by atoms with Gasteiger partial charge in [-0.2, -0.15) is 18.3 Å². The van der Waals surface area contributed by atoms with Crippen LogP contribution >= 0.6 is 0 Å². The number of ether oxygens (including phenoxy) is 2. The van der Waals surface area contributed by atoms with Crippen molar-refractivity contribution >= 4 is 12.2 Å². The standard InChI is InChI=1S/C17H16F3N3O3/c1-25-15-6-5-11(9-22-23-16(21)24)7-12(15)10-26-14-4-2-3-13(8-14)17(18,19)20/h2-9H,10H2,1H3,(H3,21,23,24). The quantitative estimate of drug-likeness (QED) is 0.607. The third-order valence-electron chi connectivity index (χ3n) is 3.25. The SMILES string of the molecule is COc1ccc(C=NNC(N)=O)cc1COc1cccc(C(F)(F)F)c1. The Hall–Kier alpha value is -3.23. The molecule has 0 heterocycles. The highest BCUT2D eigenvalue weighted by Crippen LogP contribution is 2.31. The summed E-state index contributed by atoms with van der Waals surface area (Å²) < 4.78 is 48.9. The van der Waals surface area contributed by atoms with Crippen LogP contribution in [0.1, 0.15) is 16.7 Å². The van der Waals surface area contributed by atoms with E-state index >= 15 is 0 Å². The Morgan fingerprint density at radius 3 is 2.69 bits per heavy atom. The third kappa shape index (κ3) is 5.40. The van der Waals surface area contributed by atoms with Crippen molar-refractivity contribution in [2.45, 2.75) is 12.8 Å². The fourth-order valence-electron chi connectivity index (χ4n) is 2.09. The summed E-state index contributed by atoms with van der Waals surface area (Å²) in [5, 5.41) is 3.64.